The van der Waals surface area contributed by atoms with Crippen LogP contribution in [0.4, 0.5) is 0 Å². The van der Waals surface area contributed by atoms with Gasteiger partial charge in [0.1, 0.15) is 0 Å². The topological polar surface area (TPSA) is 55.8 Å². The maximum atomic E-state index is 10.6. The molecule has 0 aromatic heterocycles. The zero-order chi connectivity index (χ0) is 11.0. The molecule has 0 saturated heterocycles. The van der Waals surface area contributed by atoms with Crippen LogP contribution in [0.5, 0.6) is 0 Å². The Bertz CT molecular complexity index is 227. The second-order valence-electron chi connectivity index (χ2n) is 3.18. The van der Waals surface area contributed by atoms with Crippen molar-refractivity contribution in [2.45, 2.75) is 6.42 Å². The Morgan fingerprint density at radius 3 is 2.36 bits per heavy atom. The van der Waals surface area contributed by atoms with Gasteiger partial charge in [-0.1, -0.05) is 0 Å². The minimum atomic E-state index is -3.28. The third kappa shape index (κ3) is 9.91. The summed E-state index contributed by atoms with van der Waals surface area (Å²) in [6.45, 7) is 2.58. The molecule has 0 aromatic rings. The van der Waals surface area contributed by atoms with Crippen molar-refractivity contribution in [2.24, 2.45) is 0 Å². The highest BCUT2D eigenvalue weighted by atomic mass is 32.2. The molecule has 5 nitrogen and oxygen atoms in total. The summed E-state index contributed by atoms with van der Waals surface area (Å²) in [6, 6.07) is 0. The Labute approximate surface area is 86.1 Å². The zero-order valence-corrected chi connectivity index (χ0v) is 9.84. The van der Waals surface area contributed by atoms with Gasteiger partial charge >= 0.3 is 0 Å². The molecule has 0 spiro atoms. The Kier molecular flexibility index (Phi) is 7.08. The third-order valence-electron chi connectivity index (χ3n) is 1.66. The number of methoxy groups -OCH3 is 1. The maximum Gasteiger partial charge on any atom is 0.264 e. The molecule has 0 rings (SSSR count). The predicted molar refractivity (Wildman–Crippen MR) is 54.8 cm³/mol. The van der Waals surface area contributed by atoms with E-state index in [9.17, 15) is 8.42 Å². The molecular weight excluding hydrogens is 206 g/mol. The monoisotopic (exact) mass is 225 g/mol. The van der Waals surface area contributed by atoms with Gasteiger partial charge in [0.05, 0.1) is 19.5 Å². The fourth-order valence-electron chi connectivity index (χ4n) is 0.904. The van der Waals surface area contributed by atoms with Crippen LogP contribution in [-0.2, 0) is 19.0 Å². The first-order valence-electron chi connectivity index (χ1n) is 4.47. The largest absolute Gasteiger partial charge is 0.383 e. The number of hydrogen-bond donors (Lipinski definition) is 0. The highest BCUT2D eigenvalue weighted by Crippen LogP contribution is 1.92. The summed E-state index contributed by atoms with van der Waals surface area (Å²) in [7, 11) is 0.329. The molecule has 0 N–H and O–H groups in total. The van der Waals surface area contributed by atoms with Crippen LogP contribution in [0.1, 0.15) is 6.42 Å². The van der Waals surface area contributed by atoms with E-state index in [-0.39, 0.29) is 6.61 Å². The molecule has 0 aliphatic rings. The van der Waals surface area contributed by atoms with Gasteiger partial charge in [-0.2, -0.15) is 8.42 Å². The summed E-state index contributed by atoms with van der Waals surface area (Å²) in [4.78, 5) is 2.06. The Morgan fingerprint density at radius 1 is 1.21 bits per heavy atom. The van der Waals surface area contributed by atoms with Gasteiger partial charge in [0.2, 0.25) is 0 Å². The lowest BCUT2D eigenvalue weighted by Gasteiger charge is -2.15. The Morgan fingerprint density at radius 2 is 1.86 bits per heavy atom. The summed E-state index contributed by atoms with van der Waals surface area (Å²) >= 11 is 0. The van der Waals surface area contributed by atoms with Gasteiger partial charge in [-0.05, 0) is 13.5 Å². The molecule has 14 heavy (non-hydrogen) atoms. The fourth-order valence-corrected chi connectivity index (χ4v) is 1.32. The normalized spacial score (nSPS) is 12.3. The van der Waals surface area contributed by atoms with Crippen molar-refractivity contribution >= 4 is 10.1 Å². The SMILES string of the molecule is COCCN(C)CCCOS(C)(=O)=O. The van der Waals surface area contributed by atoms with Crippen LogP contribution in [0.25, 0.3) is 0 Å². The van der Waals surface area contributed by atoms with Crippen molar-refractivity contribution in [1.29, 1.82) is 0 Å². The number of rotatable bonds is 8. The van der Waals surface area contributed by atoms with E-state index in [0.717, 1.165) is 19.3 Å². The van der Waals surface area contributed by atoms with E-state index in [0.29, 0.717) is 13.0 Å². The van der Waals surface area contributed by atoms with Crippen molar-refractivity contribution in [3.63, 3.8) is 0 Å². The Hall–Kier alpha value is -0.170. The third-order valence-corrected chi connectivity index (χ3v) is 2.25. The van der Waals surface area contributed by atoms with Crippen LogP contribution in [0.2, 0.25) is 0 Å². The lowest BCUT2D eigenvalue weighted by molar-refractivity contribution is 0.157. The van der Waals surface area contributed by atoms with E-state index < -0.39 is 10.1 Å². The number of ether oxygens (including phenoxy) is 1. The second kappa shape index (κ2) is 7.17. The average Bonchev–Trinajstić information content (AvgIpc) is 2.07. The molecule has 6 heteroatoms. The first-order chi connectivity index (χ1) is 6.45. The molecule has 0 saturated carbocycles. The molecule has 0 heterocycles. The molecule has 0 aliphatic carbocycles. The lowest BCUT2D eigenvalue weighted by atomic mass is 10.4. The van der Waals surface area contributed by atoms with Crippen molar-refractivity contribution in [1.82, 2.24) is 4.90 Å². The van der Waals surface area contributed by atoms with E-state index in [1.54, 1.807) is 7.11 Å². The first-order valence-corrected chi connectivity index (χ1v) is 6.29. The van der Waals surface area contributed by atoms with Crippen LogP contribution < -0.4 is 0 Å². The molecule has 86 valence electrons. The fraction of sp³-hybridized carbons (Fsp3) is 1.00. The Balaban J connectivity index is 3.36. The van der Waals surface area contributed by atoms with E-state index in [1.807, 2.05) is 7.05 Å². The van der Waals surface area contributed by atoms with Crippen LogP contribution in [0.3, 0.4) is 0 Å². The molecule has 0 aromatic carbocycles. The van der Waals surface area contributed by atoms with Gasteiger partial charge < -0.3 is 9.64 Å². The smallest absolute Gasteiger partial charge is 0.264 e. The summed E-state index contributed by atoms with van der Waals surface area (Å²) in [5.74, 6) is 0. The van der Waals surface area contributed by atoms with E-state index in [2.05, 4.69) is 9.08 Å². The summed E-state index contributed by atoms with van der Waals surface area (Å²) < 4.78 is 30.7. The molecule has 0 aliphatic heterocycles. The van der Waals surface area contributed by atoms with Crippen molar-refractivity contribution < 1.29 is 17.3 Å². The highest BCUT2D eigenvalue weighted by molar-refractivity contribution is 7.85. The number of nitrogens with zero attached hydrogens (tertiary/aromatic N) is 1. The van der Waals surface area contributed by atoms with Crippen LogP contribution in [-0.4, -0.2) is 60.0 Å². The molecule has 0 unspecified atom stereocenters. The summed E-state index contributed by atoms with van der Waals surface area (Å²) in [5.41, 5.74) is 0. The number of hydrogen-bond acceptors (Lipinski definition) is 5. The van der Waals surface area contributed by atoms with Crippen molar-refractivity contribution in [3.05, 3.63) is 0 Å². The van der Waals surface area contributed by atoms with E-state index in [1.165, 1.54) is 0 Å². The van der Waals surface area contributed by atoms with Gasteiger partial charge in [0.15, 0.2) is 0 Å². The molecule has 0 atom stereocenters. The van der Waals surface area contributed by atoms with Crippen molar-refractivity contribution in [2.75, 3.05) is 46.7 Å². The summed E-state index contributed by atoms with van der Waals surface area (Å²) in [5, 5.41) is 0. The van der Waals surface area contributed by atoms with Crippen LogP contribution >= 0.6 is 0 Å². The average molecular weight is 225 g/mol. The molecular formula is C8H19NO4S. The van der Waals surface area contributed by atoms with Gasteiger partial charge in [-0.15, -0.1) is 0 Å². The lowest BCUT2D eigenvalue weighted by Crippen LogP contribution is -2.25. The van der Waals surface area contributed by atoms with E-state index in [4.69, 9.17) is 4.74 Å². The highest BCUT2D eigenvalue weighted by Gasteiger charge is 2.02. The molecule has 0 bridgehead atoms. The van der Waals surface area contributed by atoms with Crippen LogP contribution in [0.15, 0.2) is 0 Å². The van der Waals surface area contributed by atoms with Gasteiger partial charge in [-0.3, -0.25) is 4.18 Å². The van der Waals surface area contributed by atoms with E-state index >= 15 is 0 Å². The number of likely N-dealkylation sites (N-methyl/N-ethyl adjacent to an activating group) is 1. The minimum Gasteiger partial charge on any atom is -0.383 e. The maximum absolute atomic E-state index is 10.6. The molecule has 0 fully saturated rings. The van der Waals surface area contributed by atoms with Crippen LogP contribution in [0, 0.1) is 0 Å². The molecule has 0 radical (unpaired) electrons. The van der Waals surface area contributed by atoms with Crippen molar-refractivity contribution in [3.8, 4) is 0 Å². The van der Waals surface area contributed by atoms with Gasteiger partial charge in [0.25, 0.3) is 10.1 Å². The minimum absolute atomic E-state index is 0.246. The van der Waals surface area contributed by atoms with Gasteiger partial charge in [0, 0.05) is 20.2 Å². The predicted octanol–water partition coefficient (Wildman–Crippen LogP) is -0.0691. The second-order valence-corrected chi connectivity index (χ2v) is 4.82. The standard InChI is InChI=1S/C8H19NO4S/c1-9(6-8-12-2)5-4-7-13-14(3,10)11/h4-8H2,1-3H3. The quantitative estimate of drug-likeness (QED) is 0.427. The van der Waals surface area contributed by atoms with Gasteiger partial charge in [-0.25, -0.2) is 0 Å². The summed E-state index contributed by atoms with van der Waals surface area (Å²) in [6.07, 6.45) is 1.76. The zero-order valence-electron chi connectivity index (χ0n) is 9.02. The molecule has 0 amide bonds. The first kappa shape index (κ1) is 13.8.